The molecule has 11 heteroatoms. The largest absolute Gasteiger partial charge is 0.480 e. The third kappa shape index (κ3) is 52.5. The molecule has 0 amide bonds. The van der Waals surface area contributed by atoms with Gasteiger partial charge in [0.25, 0.3) is 0 Å². The molecule has 0 aliphatic heterocycles. The van der Waals surface area contributed by atoms with Crippen molar-refractivity contribution in [3.05, 3.63) is 97.2 Å². The molecular formula is C58H100NO9P. The van der Waals surface area contributed by atoms with Gasteiger partial charge in [0.1, 0.15) is 12.1 Å². The standard InChI is InChI=1S/C58H100NO9P/c1-3-5-7-9-11-13-15-17-19-21-23-25-27-29-31-33-35-37-39-41-43-45-47-49-51-65-52-55(53-66-69(63,64)67-54-56(59)58(61)62)68-57(60)50-48-46-44-42-40-38-36-34-32-30-28-26-24-22-20-18-16-14-12-10-8-6-4-2/h6,8,12,14-15,17-18,20-21,23-24,26-27,29-30,32,55-56H,3-5,7,9-11,13,16,19,22,25,28,31,33-54,59H2,1-2H3,(H,61,62)(H,63,64)/b8-6-,14-12-,17-15-,20-18-,23-21-,26-24-,29-27-,32-30-. The highest BCUT2D eigenvalue weighted by Crippen LogP contribution is 2.43. The summed E-state index contributed by atoms with van der Waals surface area (Å²) < 4.78 is 33.6. The molecule has 0 saturated heterocycles. The van der Waals surface area contributed by atoms with Crippen LogP contribution in [0.3, 0.4) is 0 Å². The van der Waals surface area contributed by atoms with Crippen molar-refractivity contribution in [2.75, 3.05) is 26.4 Å². The second-order valence-corrected chi connectivity index (χ2v) is 19.4. The number of nitrogens with two attached hydrogens (primary N) is 1. The summed E-state index contributed by atoms with van der Waals surface area (Å²) in [5.74, 6) is -1.80. The summed E-state index contributed by atoms with van der Waals surface area (Å²) in [6.45, 7) is 3.74. The van der Waals surface area contributed by atoms with E-state index < -0.39 is 45.1 Å². The van der Waals surface area contributed by atoms with E-state index in [-0.39, 0.29) is 13.0 Å². The Morgan fingerprint density at radius 3 is 1.26 bits per heavy atom. The maximum Gasteiger partial charge on any atom is 0.472 e. The van der Waals surface area contributed by atoms with Gasteiger partial charge in [0.15, 0.2) is 0 Å². The highest BCUT2D eigenvalue weighted by molar-refractivity contribution is 7.47. The second kappa shape index (κ2) is 52.7. The Morgan fingerprint density at radius 2 is 0.841 bits per heavy atom. The number of carbonyl (C=O) groups is 2. The van der Waals surface area contributed by atoms with Gasteiger partial charge in [-0.3, -0.25) is 18.6 Å². The van der Waals surface area contributed by atoms with Crippen LogP contribution in [-0.2, 0) is 32.7 Å². The van der Waals surface area contributed by atoms with Gasteiger partial charge in [-0.1, -0.05) is 214 Å². The van der Waals surface area contributed by atoms with Crippen molar-refractivity contribution in [1.29, 1.82) is 0 Å². The first-order valence-corrected chi connectivity index (χ1v) is 28.8. The fourth-order valence-corrected chi connectivity index (χ4v) is 7.95. The first-order valence-electron chi connectivity index (χ1n) is 27.3. The molecule has 0 fully saturated rings. The lowest BCUT2D eigenvalue weighted by Gasteiger charge is -2.20. The molecule has 0 rings (SSSR count). The number of carboxylic acids is 1. The number of esters is 1. The number of ether oxygens (including phenoxy) is 2. The number of phosphoric ester groups is 1. The smallest absolute Gasteiger partial charge is 0.472 e. The van der Waals surface area contributed by atoms with Gasteiger partial charge in [-0.05, 0) is 96.3 Å². The first kappa shape index (κ1) is 65.9. The molecule has 0 aromatic rings. The van der Waals surface area contributed by atoms with Crippen LogP contribution < -0.4 is 5.73 Å². The highest BCUT2D eigenvalue weighted by Gasteiger charge is 2.27. The Labute approximate surface area is 421 Å². The molecule has 4 N–H and O–H groups in total. The van der Waals surface area contributed by atoms with Crippen molar-refractivity contribution < 1.29 is 42.7 Å². The maximum absolute atomic E-state index is 12.7. The minimum atomic E-state index is -4.64. The zero-order valence-electron chi connectivity index (χ0n) is 43.6. The SMILES string of the molecule is CC/C=C\C/C=C\C/C=C\C/C=C\C/C=C\CCCCCCCCCC(=O)OC(COCCCCCCCCCCC/C=C\C/C=C\C/C=C\CCCCCCC)COP(=O)(O)OCC(N)C(=O)O. The fraction of sp³-hybridized carbons (Fsp3) is 0.690. The fourth-order valence-electron chi connectivity index (χ4n) is 7.17. The quantitative estimate of drug-likeness (QED) is 0.0232. The molecule has 10 nitrogen and oxygen atoms in total. The molecule has 0 aromatic heterocycles. The molecule has 0 heterocycles. The number of rotatable bonds is 51. The van der Waals surface area contributed by atoms with Crippen molar-refractivity contribution in [1.82, 2.24) is 0 Å². The second-order valence-electron chi connectivity index (χ2n) is 18.0. The molecule has 3 atom stereocenters. The van der Waals surface area contributed by atoms with Crippen LogP contribution in [0, 0.1) is 0 Å². The molecule has 0 spiro atoms. The average Bonchev–Trinajstić information content (AvgIpc) is 3.33. The lowest BCUT2D eigenvalue weighted by molar-refractivity contribution is -0.154. The van der Waals surface area contributed by atoms with Crippen LogP contribution in [0.1, 0.15) is 219 Å². The van der Waals surface area contributed by atoms with Gasteiger partial charge in [0, 0.05) is 13.0 Å². The predicted octanol–water partition coefficient (Wildman–Crippen LogP) is 16.4. The molecule has 0 aromatic carbocycles. The van der Waals surface area contributed by atoms with E-state index in [4.69, 9.17) is 29.4 Å². The van der Waals surface area contributed by atoms with Crippen LogP contribution in [0.5, 0.6) is 0 Å². The monoisotopic (exact) mass is 986 g/mol. The molecule has 0 bridgehead atoms. The van der Waals surface area contributed by atoms with Crippen molar-refractivity contribution >= 4 is 19.8 Å². The number of phosphoric acid groups is 1. The lowest BCUT2D eigenvalue weighted by Crippen LogP contribution is -2.34. The number of allylic oxidation sites excluding steroid dienone is 16. The molecule has 0 aliphatic rings. The molecule has 0 radical (unpaired) electrons. The summed E-state index contributed by atoms with van der Waals surface area (Å²) in [5.41, 5.74) is 5.38. The Hall–Kier alpha value is -3.11. The molecule has 69 heavy (non-hydrogen) atoms. The van der Waals surface area contributed by atoms with Gasteiger partial charge in [0.05, 0.1) is 19.8 Å². The van der Waals surface area contributed by atoms with E-state index >= 15 is 0 Å². The van der Waals surface area contributed by atoms with Gasteiger partial charge < -0.3 is 25.2 Å². The number of hydrogen-bond acceptors (Lipinski definition) is 8. The number of aliphatic carboxylic acids is 1. The summed E-state index contributed by atoms with van der Waals surface area (Å²) >= 11 is 0. The lowest BCUT2D eigenvalue weighted by atomic mass is 10.1. The normalized spacial score (nSPS) is 14.4. The highest BCUT2D eigenvalue weighted by atomic mass is 31.2. The summed E-state index contributed by atoms with van der Waals surface area (Å²) in [7, 11) is -4.64. The zero-order chi connectivity index (χ0) is 50.4. The Morgan fingerprint density at radius 1 is 0.478 bits per heavy atom. The molecule has 3 unspecified atom stereocenters. The summed E-state index contributed by atoms with van der Waals surface area (Å²) in [4.78, 5) is 33.8. The van der Waals surface area contributed by atoms with E-state index in [9.17, 15) is 19.0 Å². The predicted molar refractivity (Wildman–Crippen MR) is 290 cm³/mol. The number of carboxylic acid groups (broad SMARTS) is 1. The first-order chi connectivity index (χ1) is 33.7. The van der Waals surface area contributed by atoms with Crippen molar-refractivity contribution in [2.45, 2.75) is 231 Å². The summed E-state index contributed by atoms with van der Waals surface area (Å²) in [6.07, 6.45) is 70.3. The van der Waals surface area contributed by atoms with Crippen molar-refractivity contribution in [3.63, 3.8) is 0 Å². The van der Waals surface area contributed by atoms with Crippen LogP contribution in [0.4, 0.5) is 0 Å². The van der Waals surface area contributed by atoms with Crippen LogP contribution in [0.25, 0.3) is 0 Å². The Kier molecular flexibility index (Phi) is 50.3. The average molecular weight is 986 g/mol. The molecule has 396 valence electrons. The van der Waals surface area contributed by atoms with E-state index in [1.165, 1.54) is 96.3 Å². The molecule has 0 saturated carbocycles. The van der Waals surface area contributed by atoms with Gasteiger partial charge in [-0.2, -0.15) is 0 Å². The molecular weight excluding hydrogens is 886 g/mol. The van der Waals surface area contributed by atoms with E-state index in [0.29, 0.717) is 13.0 Å². The van der Waals surface area contributed by atoms with Crippen LogP contribution in [-0.4, -0.2) is 60.5 Å². The number of carbonyl (C=O) groups excluding carboxylic acids is 1. The van der Waals surface area contributed by atoms with Crippen LogP contribution >= 0.6 is 7.82 Å². The van der Waals surface area contributed by atoms with Crippen molar-refractivity contribution in [2.24, 2.45) is 5.73 Å². The zero-order valence-corrected chi connectivity index (χ0v) is 44.5. The van der Waals surface area contributed by atoms with Gasteiger partial charge >= 0.3 is 19.8 Å². The number of unbranched alkanes of at least 4 members (excludes halogenated alkanes) is 21. The van der Waals surface area contributed by atoms with Crippen LogP contribution in [0.2, 0.25) is 0 Å². The molecule has 0 aliphatic carbocycles. The van der Waals surface area contributed by atoms with Gasteiger partial charge in [-0.25, -0.2) is 4.57 Å². The van der Waals surface area contributed by atoms with Gasteiger partial charge in [0.2, 0.25) is 0 Å². The Balaban J connectivity index is 4.17. The van der Waals surface area contributed by atoms with E-state index in [1.807, 2.05) is 0 Å². The van der Waals surface area contributed by atoms with E-state index in [1.54, 1.807) is 0 Å². The topological polar surface area (TPSA) is 155 Å². The van der Waals surface area contributed by atoms with E-state index in [0.717, 1.165) is 96.3 Å². The van der Waals surface area contributed by atoms with Crippen LogP contribution in [0.15, 0.2) is 97.2 Å². The van der Waals surface area contributed by atoms with Gasteiger partial charge in [-0.15, -0.1) is 0 Å². The minimum Gasteiger partial charge on any atom is -0.480 e. The number of hydrogen-bond donors (Lipinski definition) is 3. The summed E-state index contributed by atoms with van der Waals surface area (Å²) in [5, 5.41) is 8.95. The maximum atomic E-state index is 12.7. The summed E-state index contributed by atoms with van der Waals surface area (Å²) in [6, 6.07) is -1.48. The third-order valence-corrected chi connectivity index (χ3v) is 12.3. The minimum absolute atomic E-state index is 0.00282. The third-order valence-electron chi connectivity index (χ3n) is 11.3. The Bertz CT molecular complexity index is 1470. The van der Waals surface area contributed by atoms with E-state index in [2.05, 4.69) is 111 Å². The van der Waals surface area contributed by atoms with Crippen molar-refractivity contribution in [3.8, 4) is 0 Å².